The van der Waals surface area contributed by atoms with E-state index in [4.69, 9.17) is 14.2 Å². The first kappa shape index (κ1) is 34.9. The summed E-state index contributed by atoms with van der Waals surface area (Å²) in [5.74, 6) is 1.67. The Morgan fingerprint density at radius 1 is 0.979 bits per heavy atom. The van der Waals surface area contributed by atoms with Gasteiger partial charge in [0, 0.05) is 18.3 Å². The molecule has 0 spiro atoms. The van der Waals surface area contributed by atoms with Crippen LogP contribution < -0.4 is 14.8 Å². The van der Waals surface area contributed by atoms with Crippen molar-refractivity contribution in [3.63, 3.8) is 0 Å². The van der Waals surface area contributed by atoms with Gasteiger partial charge in [0.15, 0.2) is 0 Å². The fraction of sp³-hybridized carbons (Fsp3) is 0.800. The maximum Gasteiger partial charge on any atom is -0.0149 e. The molecule has 0 bridgehead atoms. The Bertz CT molecular complexity index is 1520. The number of ketones is 1. The number of ether oxygens (including phenoxy) is 3. The second-order valence-electron chi connectivity index (χ2n) is 16.5. The molecule has 6 rings (SSSR count). The van der Waals surface area contributed by atoms with E-state index in [1.807, 2.05) is 0 Å². The van der Waals surface area contributed by atoms with Gasteiger partial charge in [-0.1, -0.05) is 13.8 Å². The molecule has 1 saturated heterocycles. The Kier molecular flexibility index (Phi) is 9.67. The fourth-order valence-electron chi connectivity index (χ4n) is 10.2. The van der Waals surface area contributed by atoms with Gasteiger partial charge in [-0.05, 0) is 74.0 Å². The van der Waals surface area contributed by atoms with Crippen LogP contribution in [0.25, 0.3) is 0 Å². The summed E-state index contributed by atoms with van der Waals surface area (Å²) in [5.41, 5.74) is -0.836. The van der Waals surface area contributed by atoms with Gasteiger partial charge in [0.2, 0.25) is 0 Å². The molecule has 1 aromatic rings. The zero-order valence-electron chi connectivity index (χ0n) is 28.5. The maximum absolute atomic E-state index is 13.1. The van der Waals surface area contributed by atoms with E-state index in [9.17, 15) is 29.1 Å². The third-order valence-corrected chi connectivity index (χ3v) is 18.6. The smallest absolute Gasteiger partial charge is 0.0149 e. The van der Waals surface area contributed by atoms with E-state index in [0.29, 0.717) is 39.5 Å². The van der Waals surface area contributed by atoms with Crippen LogP contribution in [-0.2, 0) is 28.6 Å². The largest absolute Gasteiger partial charge is 0.0460 e. The average Bonchev–Trinajstić information content (AvgIpc) is 3.55. The number of aliphatic hydroxyl groups excluding tert-OH is 1. The van der Waals surface area contributed by atoms with E-state index in [-0.39, 0.29) is 41.8 Å². The van der Waals surface area contributed by atoms with E-state index >= 15 is 0 Å². The zero-order valence-corrected chi connectivity index (χ0v) is 31.4. The normalized spacial score (nSPS) is 38.3. The van der Waals surface area contributed by atoms with Gasteiger partial charge in [0.1, 0.15) is 11.9 Å². The SMILES string of the molecule is C[C@]12CCC(=O)C[C@@H]1CC[C@@H]1[C@@H]2CC[C@]2(C)[C@@H](OC(=O)CCC(=O)O[C@H]3C[C@H](n4c[c]([Sn]([CH3])([CH3])[CH3])c(=O)[nH]c4=O)O[C@@H]3CO)CC[C@@H]12. The summed E-state index contributed by atoms with van der Waals surface area (Å²) in [4.78, 5) is 71.8. The zero-order chi connectivity index (χ0) is 33.9. The van der Waals surface area contributed by atoms with Crippen molar-refractivity contribution in [3.8, 4) is 0 Å². The monoisotopic (exact) mass is 764 g/mol. The van der Waals surface area contributed by atoms with Crippen LogP contribution >= 0.6 is 0 Å². The number of nitrogens with zero attached hydrogens (tertiary/aromatic N) is 1. The van der Waals surface area contributed by atoms with Crippen molar-refractivity contribution >= 4 is 39.7 Å². The maximum atomic E-state index is 13.1. The number of carbonyl (C=O) groups is 3. The first-order valence-corrected chi connectivity index (χ1v) is 27.7. The minimum Gasteiger partial charge on any atom is -0.0460 e. The molecule has 10 atom stereocenters. The summed E-state index contributed by atoms with van der Waals surface area (Å²) >= 11 is -2.86. The number of hydrogen-bond donors (Lipinski definition) is 2. The first-order valence-electron chi connectivity index (χ1n) is 17.7. The molecule has 0 unspecified atom stereocenters. The number of carbonyl (C=O) groups excluding carboxylic acids is 3. The Labute approximate surface area is 280 Å². The van der Waals surface area contributed by atoms with Crippen LogP contribution in [0.4, 0.5) is 0 Å². The number of hydrogen-bond acceptors (Lipinski definition) is 9. The Morgan fingerprint density at radius 2 is 1.68 bits per heavy atom. The molecule has 5 aliphatic rings. The fourth-order valence-corrected chi connectivity index (χ4v) is 13.9. The van der Waals surface area contributed by atoms with Gasteiger partial charge in [-0.25, -0.2) is 0 Å². The molecule has 0 amide bonds. The Balaban J connectivity index is 1.02. The van der Waals surface area contributed by atoms with Crippen LogP contribution in [0.15, 0.2) is 15.8 Å². The van der Waals surface area contributed by atoms with Crippen LogP contribution in [0.3, 0.4) is 0 Å². The third-order valence-electron chi connectivity index (χ3n) is 12.9. The summed E-state index contributed by atoms with van der Waals surface area (Å²) in [6.45, 7) is 4.31. The molecule has 260 valence electrons. The number of fused-ring (bicyclic) bond motifs is 5. The molecule has 0 radical (unpaired) electrons. The molecular formula is C35H52N2O9Sn. The summed E-state index contributed by atoms with van der Waals surface area (Å²) in [6, 6.07) is 0. The molecule has 1 aromatic heterocycles. The molecule has 4 saturated carbocycles. The number of Topliss-reactive ketones (excluding diaryl/α,β-unsaturated/α-hetero) is 1. The van der Waals surface area contributed by atoms with Crippen molar-refractivity contribution in [2.75, 3.05) is 6.61 Å². The van der Waals surface area contributed by atoms with Gasteiger partial charge >= 0.3 is 159 Å². The van der Waals surface area contributed by atoms with Crippen molar-refractivity contribution in [1.82, 2.24) is 9.55 Å². The Morgan fingerprint density at radius 3 is 2.38 bits per heavy atom. The molecule has 4 aliphatic carbocycles. The molecule has 2 N–H and O–H groups in total. The number of aromatic nitrogens is 2. The van der Waals surface area contributed by atoms with E-state index in [2.05, 4.69) is 33.7 Å². The Hall–Kier alpha value is -1.99. The van der Waals surface area contributed by atoms with Crippen LogP contribution in [0.5, 0.6) is 0 Å². The molecular weight excluding hydrogens is 711 g/mol. The number of rotatable bonds is 8. The van der Waals surface area contributed by atoms with Gasteiger partial charge < -0.3 is 0 Å². The molecule has 2 heterocycles. The number of aromatic amines is 1. The van der Waals surface area contributed by atoms with Crippen molar-refractivity contribution < 1.29 is 33.7 Å². The number of nitrogens with one attached hydrogen (secondary N) is 1. The van der Waals surface area contributed by atoms with Crippen LogP contribution in [0.1, 0.15) is 97.1 Å². The summed E-state index contributed by atoms with van der Waals surface area (Å²) in [7, 11) is 0. The van der Waals surface area contributed by atoms with Gasteiger partial charge in [0.25, 0.3) is 0 Å². The van der Waals surface area contributed by atoms with E-state index in [0.717, 1.165) is 51.4 Å². The molecule has 47 heavy (non-hydrogen) atoms. The number of H-pyrrole nitrogens is 1. The third kappa shape index (κ3) is 6.54. The summed E-state index contributed by atoms with van der Waals surface area (Å²) in [5, 5.41) is 9.92. The second-order valence-corrected chi connectivity index (χ2v) is 30.9. The van der Waals surface area contributed by atoms with Crippen LogP contribution in [0.2, 0.25) is 14.8 Å². The van der Waals surface area contributed by atoms with Gasteiger partial charge in [-0.3, -0.25) is 4.79 Å². The summed E-state index contributed by atoms with van der Waals surface area (Å²) in [6.07, 6.45) is 7.55. The standard InChI is InChI=1S/C32H43N2O9.3CH3.Sn/c1-31-12-9-19(36)15-18(31)3-4-20-21-5-6-25(32(21,2)13-10-22(20)31)43-29(39)8-7-28(38)42-23-16-27(41-24(23)17-35)34-14-11-26(37)33-30(34)40;;;;/h14,18,20-25,27,35H,3-10,12-13,15-17H2,1-2H3,(H,33,37,40);3*1H3;/t18-,20-,21-,22-,23-,24+,25-,27+,31-,32-;;;;/m0..../s1. The average molecular weight is 764 g/mol. The van der Waals surface area contributed by atoms with Crippen LogP contribution in [-0.4, -0.2) is 75.7 Å². The minimum atomic E-state index is -2.86. The van der Waals surface area contributed by atoms with Crippen molar-refractivity contribution in [2.45, 2.75) is 130 Å². The molecule has 0 aromatic carbocycles. The van der Waals surface area contributed by atoms with Crippen molar-refractivity contribution in [3.05, 3.63) is 27.0 Å². The van der Waals surface area contributed by atoms with E-state index in [1.165, 1.54) is 4.57 Å². The van der Waals surface area contributed by atoms with E-state index < -0.39 is 61.0 Å². The predicted octanol–water partition coefficient (Wildman–Crippen LogP) is 3.58. The molecule has 5 fully saturated rings. The number of aliphatic hydroxyl groups is 1. The van der Waals surface area contributed by atoms with E-state index in [1.54, 1.807) is 6.20 Å². The molecule has 11 nitrogen and oxygen atoms in total. The van der Waals surface area contributed by atoms with Crippen molar-refractivity contribution in [1.29, 1.82) is 0 Å². The van der Waals surface area contributed by atoms with Gasteiger partial charge in [-0.2, -0.15) is 0 Å². The molecule has 12 heteroatoms. The number of esters is 2. The topological polar surface area (TPSA) is 154 Å². The molecule has 1 aliphatic heterocycles. The van der Waals surface area contributed by atoms with Crippen LogP contribution in [0, 0.1) is 34.5 Å². The van der Waals surface area contributed by atoms with Crippen molar-refractivity contribution in [2.24, 2.45) is 34.5 Å². The first-order chi connectivity index (χ1) is 22.1. The summed E-state index contributed by atoms with van der Waals surface area (Å²) < 4.78 is 19.5. The van der Waals surface area contributed by atoms with Gasteiger partial charge in [-0.15, -0.1) is 0 Å². The van der Waals surface area contributed by atoms with Gasteiger partial charge in [0.05, 0.1) is 0 Å². The minimum absolute atomic E-state index is 0.0774. The predicted molar refractivity (Wildman–Crippen MR) is 176 cm³/mol. The quantitative estimate of drug-likeness (QED) is 0.299. The second kappa shape index (κ2) is 13.0.